The van der Waals surface area contributed by atoms with E-state index < -0.39 is 0 Å². The van der Waals surface area contributed by atoms with Gasteiger partial charge in [0.15, 0.2) is 0 Å². The third kappa shape index (κ3) is 3.75. The van der Waals surface area contributed by atoms with Crippen LogP contribution in [0.3, 0.4) is 0 Å². The normalized spacial score (nSPS) is 18.6. The molecule has 0 aromatic heterocycles. The van der Waals surface area contributed by atoms with Gasteiger partial charge < -0.3 is 14.0 Å². The molecule has 2 aromatic rings. The highest BCUT2D eigenvalue weighted by atomic mass is 35.5. The van der Waals surface area contributed by atoms with Gasteiger partial charge in [-0.25, -0.2) is 0 Å². The highest BCUT2D eigenvalue weighted by Gasteiger charge is 2.51. The molecule has 6 heteroatoms. The summed E-state index contributed by atoms with van der Waals surface area (Å²) in [5, 5.41) is 0.742. The zero-order valence-electron chi connectivity index (χ0n) is 14.3. The molecular formula is C18H21BClNO2S. The number of halogens is 1. The second-order valence-corrected chi connectivity index (χ2v) is 8.18. The summed E-state index contributed by atoms with van der Waals surface area (Å²) in [5.41, 5.74) is 1.41. The molecule has 0 aliphatic carbocycles. The van der Waals surface area contributed by atoms with Crippen LogP contribution in [-0.4, -0.2) is 18.3 Å². The van der Waals surface area contributed by atoms with E-state index in [9.17, 15) is 0 Å². The number of hydrogen-bond donors (Lipinski definition) is 1. The molecule has 1 aliphatic heterocycles. The SMILES string of the molecule is CC1(C)OB(c2ccc(NSc3ccc(Cl)cc3)cc2)OC1(C)C. The Morgan fingerprint density at radius 3 is 1.96 bits per heavy atom. The summed E-state index contributed by atoms with van der Waals surface area (Å²) < 4.78 is 15.5. The van der Waals surface area contributed by atoms with Crippen molar-refractivity contribution in [1.82, 2.24) is 0 Å². The molecule has 0 amide bonds. The van der Waals surface area contributed by atoms with Gasteiger partial charge in [0.05, 0.1) is 11.2 Å². The summed E-state index contributed by atoms with van der Waals surface area (Å²) >= 11 is 7.44. The van der Waals surface area contributed by atoms with Crippen LogP contribution < -0.4 is 10.2 Å². The maximum atomic E-state index is 6.07. The van der Waals surface area contributed by atoms with E-state index in [2.05, 4.69) is 32.4 Å². The van der Waals surface area contributed by atoms with Gasteiger partial charge in [-0.3, -0.25) is 0 Å². The van der Waals surface area contributed by atoms with Crippen molar-refractivity contribution >= 4 is 41.8 Å². The Hall–Kier alpha value is -1.14. The molecule has 1 heterocycles. The van der Waals surface area contributed by atoms with Crippen molar-refractivity contribution in [3.8, 4) is 0 Å². The van der Waals surface area contributed by atoms with Gasteiger partial charge in [-0.15, -0.1) is 0 Å². The van der Waals surface area contributed by atoms with E-state index >= 15 is 0 Å². The van der Waals surface area contributed by atoms with Gasteiger partial charge in [-0.2, -0.15) is 0 Å². The molecule has 1 fully saturated rings. The minimum absolute atomic E-state index is 0.320. The number of hydrogen-bond acceptors (Lipinski definition) is 4. The summed E-state index contributed by atoms with van der Waals surface area (Å²) in [6.45, 7) is 8.24. The van der Waals surface area contributed by atoms with Gasteiger partial charge in [0, 0.05) is 15.6 Å². The summed E-state index contributed by atoms with van der Waals surface area (Å²) in [5.74, 6) is 0. The molecule has 1 N–H and O–H groups in total. The first-order chi connectivity index (χ1) is 11.3. The van der Waals surface area contributed by atoms with Crippen molar-refractivity contribution in [2.45, 2.75) is 43.8 Å². The van der Waals surface area contributed by atoms with Crippen molar-refractivity contribution in [2.75, 3.05) is 4.72 Å². The van der Waals surface area contributed by atoms with Gasteiger partial charge in [0.25, 0.3) is 0 Å². The average Bonchev–Trinajstić information content (AvgIpc) is 2.75. The average molecular weight is 362 g/mol. The highest BCUT2D eigenvalue weighted by molar-refractivity contribution is 8.00. The van der Waals surface area contributed by atoms with Crippen molar-refractivity contribution in [2.24, 2.45) is 0 Å². The van der Waals surface area contributed by atoms with E-state index in [1.54, 1.807) is 11.9 Å². The number of anilines is 1. The van der Waals surface area contributed by atoms with Crippen molar-refractivity contribution in [1.29, 1.82) is 0 Å². The monoisotopic (exact) mass is 361 g/mol. The van der Waals surface area contributed by atoms with Crippen LogP contribution in [0.15, 0.2) is 53.4 Å². The fourth-order valence-electron chi connectivity index (χ4n) is 2.31. The predicted molar refractivity (Wildman–Crippen MR) is 103 cm³/mol. The van der Waals surface area contributed by atoms with Gasteiger partial charge in [-0.1, -0.05) is 23.7 Å². The van der Waals surface area contributed by atoms with E-state index in [0.717, 1.165) is 21.1 Å². The van der Waals surface area contributed by atoms with Crippen LogP contribution in [0.4, 0.5) is 5.69 Å². The van der Waals surface area contributed by atoms with Crippen LogP contribution in [0.5, 0.6) is 0 Å². The Bertz CT molecular complexity index is 688. The van der Waals surface area contributed by atoms with Crippen molar-refractivity contribution in [3.05, 3.63) is 53.6 Å². The molecule has 0 spiro atoms. The van der Waals surface area contributed by atoms with Gasteiger partial charge >= 0.3 is 7.12 Å². The van der Waals surface area contributed by atoms with Gasteiger partial charge in [-0.05, 0) is 81.5 Å². The van der Waals surface area contributed by atoms with E-state index in [1.807, 2.05) is 48.5 Å². The fourth-order valence-corrected chi connectivity index (χ4v) is 3.08. The molecule has 0 bridgehead atoms. The van der Waals surface area contributed by atoms with Crippen LogP contribution in [0.1, 0.15) is 27.7 Å². The number of benzene rings is 2. The highest BCUT2D eigenvalue weighted by Crippen LogP contribution is 2.36. The van der Waals surface area contributed by atoms with Crippen LogP contribution >= 0.6 is 23.5 Å². The second kappa shape index (κ2) is 6.64. The molecule has 3 rings (SSSR count). The minimum atomic E-state index is -0.326. The largest absolute Gasteiger partial charge is 0.494 e. The lowest BCUT2D eigenvalue weighted by Crippen LogP contribution is -2.41. The third-order valence-electron chi connectivity index (χ3n) is 4.54. The number of nitrogens with one attached hydrogen (secondary N) is 1. The second-order valence-electron chi connectivity index (χ2n) is 6.87. The van der Waals surface area contributed by atoms with Gasteiger partial charge in [0.2, 0.25) is 0 Å². The molecule has 0 saturated carbocycles. The molecule has 1 saturated heterocycles. The Labute approximate surface area is 153 Å². The first-order valence-corrected chi connectivity index (χ1v) is 9.10. The molecule has 0 atom stereocenters. The zero-order chi connectivity index (χ0) is 17.4. The van der Waals surface area contributed by atoms with Crippen LogP contribution in [0, 0.1) is 0 Å². The summed E-state index contributed by atoms with van der Waals surface area (Å²) in [6, 6.07) is 15.9. The van der Waals surface area contributed by atoms with E-state index in [0.29, 0.717) is 0 Å². The Morgan fingerprint density at radius 1 is 0.875 bits per heavy atom. The van der Waals surface area contributed by atoms with Crippen molar-refractivity contribution in [3.63, 3.8) is 0 Å². The molecule has 1 aliphatic rings. The molecule has 24 heavy (non-hydrogen) atoms. The number of rotatable bonds is 4. The topological polar surface area (TPSA) is 30.5 Å². The summed E-state index contributed by atoms with van der Waals surface area (Å²) in [4.78, 5) is 1.11. The Balaban J connectivity index is 1.63. The minimum Gasteiger partial charge on any atom is -0.399 e. The van der Waals surface area contributed by atoms with E-state index in [-0.39, 0.29) is 18.3 Å². The molecule has 0 unspecified atom stereocenters. The summed E-state index contributed by atoms with van der Waals surface area (Å²) in [7, 11) is -0.326. The van der Waals surface area contributed by atoms with E-state index in [4.69, 9.17) is 20.9 Å². The Kier molecular flexibility index (Phi) is 4.89. The van der Waals surface area contributed by atoms with Crippen LogP contribution in [0.25, 0.3) is 0 Å². The van der Waals surface area contributed by atoms with Crippen molar-refractivity contribution < 1.29 is 9.31 Å². The Morgan fingerprint density at radius 2 is 1.42 bits per heavy atom. The lowest BCUT2D eigenvalue weighted by atomic mass is 9.79. The lowest BCUT2D eigenvalue weighted by molar-refractivity contribution is 0.00578. The predicted octanol–water partition coefficient (Wildman–Crippen LogP) is 4.76. The zero-order valence-corrected chi connectivity index (χ0v) is 15.9. The molecule has 2 aromatic carbocycles. The van der Waals surface area contributed by atoms with Gasteiger partial charge in [0.1, 0.15) is 0 Å². The fraction of sp³-hybridized carbons (Fsp3) is 0.333. The maximum Gasteiger partial charge on any atom is 0.494 e. The first-order valence-electron chi connectivity index (χ1n) is 7.91. The molecule has 0 radical (unpaired) electrons. The quantitative estimate of drug-likeness (QED) is 0.628. The van der Waals surface area contributed by atoms with Crippen LogP contribution in [-0.2, 0) is 9.31 Å². The standard InChI is InChI=1S/C18H21BClNO2S/c1-17(2)18(3,4)23-19(22-17)13-5-9-15(10-6-13)21-24-16-11-7-14(20)8-12-16/h5-12,21H,1-4H3. The smallest absolute Gasteiger partial charge is 0.399 e. The lowest BCUT2D eigenvalue weighted by Gasteiger charge is -2.32. The molecule has 3 nitrogen and oxygen atoms in total. The molecule has 126 valence electrons. The third-order valence-corrected chi connectivity index (χ3v) is 5.63. The van der Waals surface area contributed by atoms with Crippen LogP contribution in [0.2, 0.25) is 5.02 Å². The van der Waals surface area contributed by atoms with E-state index in [1.165, 1.54) is 0 Å². The summed E-state index contributed by atoms with van der Waals surface area (Å²) in [6.07, 6.45) is 0. The maximum absolute atomic E-state index is 6.07. The molecular weight excluding hydrogens is 341 g/mol. The first kappa shape index (κ1) is 17.7.